The maximum atomic E-state index is 13.1. The number of furan rings is 1. The van der Waals surface area contributed by atoms with Gasteiger partial charge < -0.3 is 15.1 Å². The second-order valence-electron chi connectivity index (χ2n) is 8.28. The Hall–Kier alpha value is -4.16. The van der Waals surface area contributed by atoms with Crippen molar-refractivity contribution in [3.63, 3.8) is 0 Å². The molecule has 162 valence electrons. The number of para-hydroxylation sites is 1. The Morgan fingerprint density at radius 1 is 0.939 bits per heavy atom. The largest absolute Gasteiger partial charge is 0.456 e. The summed E-state index contributed by atoms with van der Waals surface area (Å²) in [5, 5.41) is 11.5. The maximum Gasteiger partial charge on any atom is 0.256 e. The van der Waals surface area contributed by atoms with Gasteiger partial charge in [0, 0.05) is 34.3 Å². The molecule has 6 nitrogen and oxygen atoms in total. The van der Waals surface area contributed by atoms with Crippen LogP contribution in [0.2, 0.25) is 0 Å². The summed E-state index contributed by atoms with van der Waals surface area (Å²) in [6.07, 6.45) is 7.09. The topological polar surface area (TPSA) is 101 Å². The van der Waals surface area contributed by atoms with Crippen LogP contribution in [0.5, 0.6) is 0 Å². The van der Waals surface area contributed by atoms with E-state index in [1.807, 2.05) is 36.5 Å². The zero-order valence-electron chi connectivity index (χ0n) is 17.9. The first kappa shape index (κ1) is 19.5. The highest BCUT2D eigenvalue weighted by atomic mass is 16.3. The third kappa shape index (κ3) is 3.23. The van der Waals surface area contributed by atoms with E-state index in [0.717, 1.165) is 62.4 Å². The van der Waals surface area contributed by atoms with E-state index in [9.17, 15) is 4.79 Å². The number of aromatic nitrogens is 3. The molecule has 3 heterocycles. The fourth-order valence-electron chi connectivity index (χ4n) is 4.65. The van der Waals surface area contributed by atoms with E-state index in [1.54, 1.807) is 12.4 Å². The van der Waals surface area contributed by atoms with Crippen LogP contribution >= 0.6 is 0 Å². The number of nitrogens with zero attached hydrogens (tertiary/aromatic N) is 1. The first-order valence-electron chi connectivity index (χ1n) is 11.0. The number of aromatic amines is 2. The van der Waals surface area contributed by atoms with Gasteiger partial charge in [0.05, 0.1) is 11.6 Å². The fourth-order valence-corrected chi connectivity index (χ4v) is 4.65. The lowest BCUT2D eigenvalue weighted by molar-refractivity contribution is 0.632. The lowest BCUT2D eigenvalue weighted by Gasteiger charge is -2.13. The first-order chi connectivity index (χ1) is 16.2. The standard InChI is InChI=1S/C27H22N4O2/c28-9-3-5-17-11-22-23(25-12-18-4-1-2-6-24(18)33-25)15-29-27(32)26(22)21-10-16(7-8-20(17)21)19-13-30-31-14-19/h1-2,4,6-8,10-15H,3,5,9,28H2,(H,29,32)(H,30,31). The molecular weight excluding hydrogens is 412 g/mol. The highest BCUT2D eigenvalue weighted by molar-refractivity contribution is 6.13. The summed E-state index contributed by atoms with van der Waals surface area (Å²) >= 11 is 0. The van der Waals surface area contributed by atoms with Crippen LogP contribution in [0.25, 0.3) is 55.0 Å². The minimum absolute atomic E-state index is 0.121. The van der Waals surface area contributed by atoms with Gasteiger partial charge in [0.1, 0.15) is 11.3 Å². The molecule has 0 unspecified atom stereocenters. The van der Waals surface area contributed by atoms with E-state index in [-0.39, 0.29) is 5.56 Å². The molecule has 0 saturated heterocycles. The van der Waals surface area contributed by atoms with Crippen LogP contribution in [0.4, 0.5) is 0 Å². The molecule has 0 atom stereocenters. The molecule has 0 amide bonds. The quantitative estimate of drug-likeness (QED) is 0.317. The minimum atomic E-state index is -0.121. The Bertz CT molecular complexity index is 1640. The Morgan fingerprint density at radius 2 is 1.85 bits per heavy atom. The van der Waals surface area contributed by atoms with Crippen molar-refractivity contribution in [2.45, 2.75) is 12.8 Å². The van der Waals surface area contributed by atoms with Gasteiger partial charge >= 0.3 is 0 Å². The zero-order chi connectivity index (χ0) is 22.4. The molecule has 0 aliphatic heterocycles. The number of nitrogens with two attached hydrogens (primary N) is 1. The monoisotopic (exact) mass is 434 g/mol. The van der Waals surface area contributed by atoms with E-state index >= 15 is 0 Å². The van der Waals surface area contributed by atoms with Gasteiger partial charge in [-0.1, -0.05) is 30.3 Å². The van der Waals surface area contributed by atoms with Crippen molar-refractivity contribution in [1.29, 1.82) is 0 Å². The van der Waals surface area contributed by atoms with Crippen molar-refractivity contribution in [2.75, 3.05) is 6.54 Å². The van der Waals surface area contributed by atoms with Crippen LogP contribution in [-0.4, -0.2) is 21.7 Å². The van der Waals surface area contributed by atoms with Crippen molar-refractivity contribution in [1.82, 2.24) is 15.2 Å². The lowest BCUT2D eigenvalue weighted by atomic mass is 9.91. The van der Waals surface area contributed by atoms with Gasteiger partial charge in [-0.3, -0.25) is 9.89 Å². The molecule has 0 radical (unpaired) electrons. The van der Waals surface area contributed by atoms with Gasteiger partial charge in [0.2, 0.25) is 0 Å². The van der Waals surface area contributed by atoms with E-state index in [2.05, 4.69) is 39.4 Å². The van der Waals surface area contributed by atoms with Crippen LogP contribution < -0.4 is 11.3 Å². The highest BCUT2D eigenvalue weighted by Crippen LogP contribution is 2.37. The summed E-state index contributed by atoms with van der Waals surface area (Å²) in [6.45, 7) is 0.610. The fraction of sp³-hybridized carbons (Fsp3) is 0.111. The number of aryl methyl sites for hydroxylation is 1. The van der Waals surface area contributed by atoms with Gasteiger partial charge in [0.25, 0.3) is 5.56 Å². The predicted molar refractivity (Wildman–Crippen MR) is 132 cm³/mol. The SMILES string of the molecule is NCCCc1cc2c(-c3cc4ccccc4o3)c[nH]c(=O)c2c2cc(-c3cn[nH]c3)ccc12. The van der Waals surface area contributed by atoms with E-state index in [1.165, 1.54) is 5.56 Å². The Morgan fingerprint density at radius 3 is 2.67 bits per heavy atom. The summed E-state index contributed by atoms with van der Waals surface area (Å²) in [5.41, 5.74) is 10.5. The molecule has 0 spiro atoms. The van der Waals surface area contributed by atoms with E-state index in [0.29, 0.717) is 11.9 Å². The maximum absolute atomic E-state index is 13.1. The van der Waals surface area contributed by atoms with Crippen LogP contribution in [0.3, 0.4) is 0 Å². The minimum Gasteiger partial charge on any atom is -0.456 e. The molecule has 0 aliphatic carbocycles. The van der Waals surface area contributed by atoms with Gasteiger partial charge in [-0.2, -0.15) is 5.10 Å². The molecule has 33 heavy (non-hydrogen) atoms. The molecule has 0 saturated carbocycles. The summed E-state index contributed by atoms with van der Waals surface area (Å²) < 4.78 is 6.16. The van der Waals surface area contributed by atoms with E-state index in [4.69, 9.17) is 10.2 Å². The number of benzene rings is 3. The Balaban J connectivity index is 1.69. The number of H-pyrrole nitrogens is 2. The molecule has 6 rings (SSSR count). The molecule has 6 aromatic rings. The summed E-state index contributed by atoms with van der Waals surface area (Å²) in [6, 6.07) is 18.3. The highest BCUT2D eigenvalue weighted by Gasteiger charge is 2.17. The average Bonchev–Trinajstić information content (AvgIpc) is 3.52. The average molecular weight is 434 g/mol. The van der Waals surface area contributed by atoms with Crippen LogP contribution in [0.1, 0.15) is 12.0 Å². The number of fused-ring (bicyclic) bond motifs is 4. The number of hydrogen-bond donors (Lipinski definition) is 3. The lowest BCUT2D eigenvalue weighted by Crippen LogP contribution is -2.08. The van der Waals surface area contributed by atoms with Gasteiger partial charge in [-0.15, -0.1) is 0 Å². The smallest absolute Gasteiger partial charge is 0.256 e. The molecule has 0 fully saturated rings. The molecule has 6 heteroatoms. The van der Waals surface area contributed by atoms with Crippen molar-refractivity contribution in [2.24, 2.45) is 5.73 Å². The van der Waals surface area contributed by atoms with Crippen molar-refractivity contribution < 1.29 is 4.42 Å². The molecule has 0 bridgehead atoms. The second kappa shape index (κ2) is 7.76. The van der Waals surface area contributed by atoms with Crippen LogP contribution in [0, 0.1) is 0 Å². The molecule has 0 aliphatic rings. The van der Waals surface area contributed by atoms with Crippen LogP contribution in [-0.2, 0) is 6.42 Å². The normalized spacial score (nSPS) is 11.7. The van der Waals surface area contributed by atoms with Crippen molar-refractivity contribution in [3.05, 3.63) is 89.1 Å². The summed E-state index contributed by atoms with van der Waals surface area (Å²) in [5.74, 6) is 0.729. The Labute approximate surface area is 189 Å². The van der Waals surface area contributed by atoms with Gasteiger partial charge in [-0.05, 0) is 65.6 Å². The molecule has 3 aromatic heterocycles. The third-order valence-corrected chi connectivity index (χ3v) is 6.26. The van der Waals surface area contributed by atoms with Crippen molar-refractivity contribution >= 4 is 32.5 Å². The van der Waals surface area contributed by atoms with Gasteiger partial charge in [0.15, 0.2) is 0 Å². The zero-order valence-corrected chi connectivity index (χ0v) is 17.9. The van der Waals surface area contributed by atoms with Crippen LogP contribution in [0.15, 0.2) is 82.4 Å². The summed E-state index contributed by atoms with van der Waals surface area (Å²) in [7, 11) is 0. The first-order valence-corrected chi connectivity index (χ1v) is 11.0. The van der Waals surface area contributed by atoms with Gasteiger partial charge in [-0.25, -0.2) is 0 Å². The third-order valence-electron chi connectivity index (χ3n) is 6.26. The predicted octanol–water partition coefficient (Wildman–Crippen LogP) is 5.38. The van der Waals surface area contributed by atoms with Crippen molar-refractivity contribution in [3.8, 4) is 22.5 Å². The second-order valence-corrected chi connectivity index (χ2v) is 8.28. The number of nitrogens with one attached hydrogen (secondary N) is 2. The number of pyridine rings is 1. The molecule has 3 aromatic carbocycles. The van der Waals surface area contributed by atoms with E-state index < -0.39 is 0 Å². The molecular formula is C27H22N4O2. The Kier molecular flexibility index (Phi) is 4.59. The molecule has 4 N–H and O–H groups in total. The number of rotatable bonds is 5. The summed E-state index contributed by atoms with van der Waals surface area (Å²) in [4.78, 5) is 16.1. The number of hydrogen-bond acceptors (Lipinski definition) is 4.